The van der Waals surface area contributed by atoms with Crippen molar-refractivity contribution in [3.05, 3.63) is 132 Å². The quantitative estimate of drug-likeness (QED) is 0.250. The van der Waals surface area contributed by atoms with Crippen LogP contribution in [0.25, 0.3) is 10.9 Å². The van der Waals surface area contributed by atoms with Gasteiger partial charge in [0, 0.05) is 17.3 Å². The number of benzene rings is 4. The zero-order chi connectivity index (χ0) is 23.5. The third kappa shape index (κ3) is 4.11. The number of rotatable bonds is 7. The molecule has 0 unspecified atom stereocenters. The number of carbonyl (C=O) groups excluding carboxylic acids is 1. The summed E-state index contributed by atoms with van der Waals surface area (Å²) < 4.78 is 20.6. The molecule has 0 bridgehead atoms. The van der Waals surface area contributed by atoms with E-state index in [4.69, 9.17) is 4.43 Å². The molecule has 5 heteroatoms. The fraction of sp³-hybridized carbons (Fsp3) is 0.0690. The lowest BCUT2D eigenvalue weighted by atomic mass is 9.98. The smallest absolute Gasteiger partial charge is 0.254 e. The molecule has 0 aliphatic heterocycles. The number of aromatic nitrogens is 1. The van der Waals surface area contributed by atoms with Gasteiger partial charge in [0.25, 0.3) is 8.32 Å². The maximum absolute atomic E-state index is 13.9. The number of aromatic amines is 1. The van der Waals surface area contributed by atoms with E-state index in [0.717, 1.165) is 26.8 Å². The first-order chi connectivity index (χ1) is 16.6. The molecule has 0 saturated heterocycles. The average Bonchev–Trinajstić information content (AvgIpc) is 3.38. The third-order valence-electron chi connectivity index (χ3n) is 6.27. The van der Waals surface area contributed by atoms with Crippen molar-refractivity contribution in [2.45, 2.75) is 12.7 Å². The summed E-state index contributed by atoms with van der Waals surface area (Å²) >= 11 is 0. The number of hydrogen-bond donors (Lipinski definition) is 1. The van der Waals surface area contributed by atoms with E-state index in [1.54, 1.807) is 0 Å². The van der Waals surface area contributed by atoms with E-state index in [2.05, 4.69) is 35.8 Å². The van der Waals surface area contributed by atoms with Gasteiger partial charge < -0.3 is 9.41 Å². The van der Waals surface area contributed by atoms with E-state index >= 15 is 0 Å². The summed E-state index contributed by atoms with van der Waals surface area (Å²) in [4.78, 5) is 17.2. The van der Waals surface area contributed by atoms with Crippen LogP contribution in [-0.4, -0.2) is 19.1 Å². The van der Waals surface area contributed by atoms with Crippen LogP contribution in [0.15, 0.2) is 115 Å². The second-order valence-electron chi connectivity index (χ2n) is 8.42. The van der Waals surface area contributed by atoms with E-state index in [9.17, 15) is 9.18 Å². The van der Waals surface area contributed by atoms with Crippen LogP contribution in [-0.2, 0) is 4.43 Å². The van der Waals surface area contributed by atoms with E-state index in [-0.39, 0.29) is 11.6 Å². The van der Waals surface area contributed by atoms with E-state index in [1.165, 1.54) is 24.3 Å². The monoisotopic (exact) mass is 465 g/mol. The lowest BCUT2D eigenvalue weighted by Crippen LogP contribution is -2.59. The molecule has 3 nitrogen and oxygen atoms in total. The number of H-pyrrole nitrogens is 1. The predicted octanol–water partition coefficient (Wildman–Crippen LogP) is 5.64. The highest BCUT2D eigenvalue weighted by Crippen LogP contribution is 2.31. The summed E-state index contributed by atoms with van der Waals surface area (Å²) in [6.45, 7) is 2.12. The molecule has 0 aliphatic rings. The van der Waals surface area contributed by atoms with Crippen LogP contribution in [0.2, 0.25) is 6.55 Å². The lowest BCUT2D eigenvalue weighted by Gasteiger charge is -2.33. The minimum atomic E-state index is -2.83. The molecular formula is C29H24FNO2Si. The lowest BCUT2D eigenvalue weighted by molar-refractivity contribution is 0.0788. The highest BCUT2D eigenvalue weighted by Gasteiger charge is 2.40. The van der Waals surface area contributed by atoms with E-state index < -0.39 is 14.4 Å². The Morgan fingerprint density at radius 2 is 1.41 bits per heavy atom. The highest BCUT2D eigenvalue weighted by molar-refractivity contribution is 6.96. The van der Waals surface area contributed by atoms with Gasteiger partial charge >= 0.3 is 0 Å². The molecule has 0 fully saturated rings. The molecule has 0 amide bonds. The van der Waals surface area contributed by atoms with Gasteiger partial charge in [-0.15, -0.1) is 0 Å². The number of Topliss-reactive ketones (excluding diaryl/α,β-unsaturated/α-hetero) is 1. The summed E-state index contributed by atoms with van der Waals surface area (Å²) in [6.07, 6.45) is 0.989. The Bertz CT molecular complexity index is 1380. The van der Waals surface area contributed by atoms with Gasteiger partial charge in [0.05, 0.1) is 5.52 Å². The fourth-order valence-electron chi connectivity index (χ4n) is 4.40. The molecule has 1 N–H and O–H groups in total. The Balaban J connectivity index is 1.68. The highest BCUT2D eigenvalue weighted by atomic mass is 28.4. The minimum Gasteiger partial charge on any atom is -0.394 e. The average molecular weight is 466 g/mol. The Morgan fingerprint density at radius 3 is 2.03 bits per heavy atom. The molecule has 0 saturated carbocycles. The zero-order valence-corrected chi connectivity index (χ0v) is 19.7. The van der Waals surface area contributed by atoms with Crippen LogP contribution < -0.4 is 10.4 Å². The van der Waals surface area contributed by atoms with Gasteiger partial charge in [0.15, 0.2) is 5.78 Å². The van der Waals surface area contributed by atoms with Gasteiger partial charge in [-0.2, -0.15) is 0 Å². The number of halogens is 1. The molecule has 168 valence electrons. The standard InChI is InChI=1S/C29H24FNO2Si/c1-34(24-10-4-2-5-11-24,25-12-6-3-7-13-25)33-29(28(32)22-15-17-23(30)18-16-22)26-14-8-9-21-19-20-31-27(21)26/h2-20,29,31H,1H3/t29-/m0/s1. The van der Waals surface area contributed by atoms with E-state index in [0.29, 0.717) is 5.56 Å². The molecule has 5 rings (SSSR count). The summed E-state index contributed by atoms with van der Waals surface area (Å²) in [5, 5.41) is 3.13. The van der Waals surface area contributed by atoms with Crippen molar-refractivity contribution in [1.29, 1.82) is 0 Å². The van der Waals surface area contributed by atoms with Crippen LogP contribution in [0.5, 0.6) is 0 Å². The van der Waals surface area contributed by atoms with Gasteiger partial charge in [-0.25, -0.2) is 4.39 Å². The van der Waals surface area contributed by atoms with Gasteiger partial charge in [0.2, 0.25) is 0 Å². The number of ketones is 1. The number of nitrogens with one attached hydrogen (secondary N) is 1. The normalized spacial score (nSPS) is 12.5. The molecule has 0 aliphatic carbocycles. The van der Waals surface area contributed by atoms with Crippen molar-refractivity contribution in [3.8, 4) is 0 Å². The van der Waals surface area contributed by atoms with Crippen molar-refractivity contribution in [3.63, 3.8) is 0 Å². The third-order valence-corrected chi connectivity index (χ3v) is 9.85. The summed E-state index contributed by atoms with van der Waals surface area (Å²) in [7, 11) is -2.83. The van der Waals surface area contributed by atoms with Crippen molar-refractivity contribution < 1.29 is 13.6 Å². The summed E-state index contributed by atoms with van der Waals surface area (Å²) in [5.74, 6) is -0.582. The van der Waals surface area contributed by atoms with Crippen molar-refractivity contribution in [2.75, 3.05) is 0 Å². The molecule has 5 aromatic rings. The van der Waals surface area contributed by atoms with Crippen molar-refractivity contribution in [1.82, 2.24) is 4.98 Å². The number of fused-ring (bicyclic) bond motifs is 1. The van der Waals surface area contributed by atoms with Crippen LogP contribution in [0, 0.1) is 5.82 Å². The second kappa shape index (κ2) is 9.21. The topological polar surface area (TPSA) is 42.1 Å². The summed E-state index contributed by atoms with van der Waals surface area (Å²) in [5.41, 5.74) is 2.04. The minimum absolute atomic E-state index is 0.201. The van der Waals surface area contributed by atoms with Crippen LogP contribution >= 0.6 is 0 Å². The number of hydrogen-bond acceptors (Lipinski definition) is 2. The maximum Gasteiger partial charge on any atom is 0.254 e. The van der Waals surface area contributed by atoms with Crippen molar-refractivity contribution in [2.24, 2.45) is 0 Å². The van der Waals surface area contributed by atoms with Crippen LogP contribution in [0.3, 0.4) is 0 Å². The SMILES string of the molecule is C[Si](O[C@H](C(=O)c1ccc(F)cc1)c1cccc2cc[nH]c12)(c1ccccc1)c1ccccc1. The molecule has 0 spiro atoms. The predicted molar refractivity (Wildman–Crippen MR) is 137 cm³/mol. The van der Waals surface area contributed by atoms with Crippen LogP contribution in [0.1, 0.15) is 22.0 Å². The van der Waals surface area contributed by atoms with E-state index in [1.807, 2.05) is 66.9 Å². The first kappa shape index (κ1) is 22.0. The largest absolute Gasteiger partial charge is 0.394 e. The molecule has 1 heterocycles. The number of para-hydroxylation sites is 1. The van der Waals surface area contributed by atoms with Gasteiger partial charge in [-0.3, -0.25) is 4.79 Å². The van der Waals surface area contributed by atoms with Crippen molar-refractivity contribution >= 4 is 35.4 Å². The van der Waals surface area contributed by atoms with Crippen LogP contribution in [0.4, 0.5) is 4.39 Å². The zero-order valence-electron chi connectivity index (χ0n) is 18.7. The Labute approximate surface area is 199 Å². The van der Waals surface area contributed by atoms with Gasteiger partial charge in [0.1, 0.15) is 11.9 Å². The molecule has 0 radical (unpaired) electrons. The first-order valence-electron chi connectivity index (χ1n) is 11.2. The molecule has 34 heavy (non-hydrogen) atoms. The fourth-order valence-corrected chi connectivity index (χ4v) is 7.37. The molecular weight excluding hydrogens is 441 g/mol. The molecule has 1 atom stereocenters. The first-order valence-corrected chi connectivity index (χ1v) is 13.6. The Kier molecular flexibility index (Phi) is 5.96. The summed E-state index contributed by atoms with van der Waals surface area (Å²) in [6, 6.07) is 33.7. The Morgan fingerprint density at radius 1 is 0.794 bits per heavy atom. The molecule has 4 aromatic carbocycles. The Hall–Kier alpha value is -3.80. The maximum atomic E-state index is 13.9. The van der Waals surface area contributed by atoms with Gasteiger partial charge in [-0.1, -0.05) is 78.9 Å². The van der Waals surface area contributed by atoms with Gasteiger partial charge in [-0.05, 0) is 52.6 Å². The second-order valence-corrected chi connectivity index (χ2v) is 11.9. The molecule has 1 aromatic heterocycles. The number of carbonyl (C=O) groups is 1.